The maximum atomic E-state index is 13.2. The first kappa shape index (κ1) is 22.5. The van der Waals surface area contributed by atoms with Crippen LogP contribution >= 0.6 is 28.1 Å². The number of terminal acetylenes is 1. The van der Waals surface area contributed by atoms with Gasteiger partial charge in [0.2, 0.25) is 0 Å². The Morgan fingerprint density at radius 3 is 2.58 bits per heavy atom. The van der Waals surface area contributed by atoms with Crippen molar-refractivity contribution in [1.29, 1.82) is 0 Å². The minimum atomic E-state index is -0.570. The van der Waals surface area contributed by atoms with Gasteiger partial charge in [-0.2, -0.15) is 0 Å². The van der Waals surface area contributed by atoms with E-state index in [4.69, 9.17) is 28.1 Å². The second kappa shape index (κ2) is 9.77. The maximum Gasteiger partial charge on any atom is 0.270 e. The fourth-order valence-corrected chi connectivity index (χ4v) is 3.87. The van der Waals surface area contributed by atoms with Crippen molar-refractivity contribution in [2.45, 2.75) is 13.3 Å². The van der Waals surface area contributed by atoms with Crippen molar-refractivity contribution in [3.05, 3.63) is 57.6 Å². The third-order valence-electron chi connectivity index (χ3n) is 4.57. The zero-order valence-electron chi connectivity index (χ0n) is 16.9. The number of amides is 2. The molecule has 0 saturated carbocycles. The van der Waals surface area contributed by atoms with Crippen molar-refractivity contribution >= 4 is 56.8 Å². The Kier molecular flexibility index (Phi) is 7.10. The molecule has 2 aromatic rings. The minimum Gasteiger partial charge on any atom is -0.493 e. The summed E-state index contributed by atoms with van der Waals surface area (Å²) in [5, 5.41) is 2.61. The lowest BCUT2D eigenvalue weighted by Crippen LogP contribution is -2.54. The molecule has 2 amide bonds. The summed E-state index contributed by atoms with van der Waals surface area (Å²) in [6, 6.07) is 10.8. The van der Waals surface area contributed by atoms with Crippen LogP contribution in [0.4, 0.5) is 5.69 Å². The van der Waals surface area contributed by atoms with Crippen LogP contribution in [0.15, 0.2) is 46.4 Å². The number of carbonyl (C=O) groups is 2. The molecule has 1 aliphatic heterocycles. The first-order chi connectivity index (χ1) is 14.9. The molecule has 0 aliphatic carbocycles. The number of hydrogen-bond donors (Lipinski definition) is 1. The highest BCUT2D eigenvalue weighted by atomic mass is 79.9. The number of halogens is 1. The van der Waals surface area contributed by atoms with E-state index in [1.807, 2.05) is 19.1 Å². The number of nitrogens with one attached hydrogen (secondary N) is 1. The maximum absolute atomic E-state index is 13.2. The van der Waals surface area contributed by atoms with Gasteiger partial charge in [-0.1, -0.05) is 25.0 Å². The third kappa shape index (κ3) is 4.79. The predicted octanol–water partition coefficient (Wildman–Crippen LogP) is 3.86. The van der Waals surface area contributed by atoms with E-state index in [9.17, 15) is 9.59 Å². The molecule has 1 aliphatic rings. The van der Waals surface area contributed by atoms with Crippen LogP contribution in [0, 0.1) is 12.3 Å². The van der Waals surface area contributed by atoms with Crippen LogP contribution < -0.4 is 19.7 Å². The van der Waals surface area contributed by atoms with E-state index in [1.165, 1.54) is 18.1 Å². The number of hydrogen-bond acceptors (Lipinski definition) is 5. The van der Waals surface area contributed by atoms with Crippen LogP contribution in [0.5, 0.6) is 11.5 Å². The van der Waals surface area contributed by atoms with Crippen molar-refractivity contribution in [3.63, 3.8) is 0 Å². The molecule has 1 N–H and O–H groups in total. The molecule has 3 rings (SSSR count). The second-order valence-electron chi connectivity index (χ2n) is 6.50. The lowest BCUT2D eigenvalue weighted by Gasteiger charge is -2.29. The quantitative estimate of drug-likeness (QED) is 0.283. The molecule has 0 atom stereocenters. The summed E-state index contributed by atoms with van der Waals surface area (Å²) in [6.45, 7) is 2.11. The molecule has 1 heterocycles. The average molecular weight is 499 g/mol. The average Bonchev–Trinajstić information content (AvgIpc) is 2.76. The fourth-order valence-electron chi connectivity index (χ4n) is 3.02. The first-order valence-electron chi connectivity index (χ1n) is 9.33. The number of rotatable bonds is 6. The molecule has 0 spiro atoms. The van der Waals surface area contributed by atoms with Gasteiger partial charge in [0.05, 0.1) is 17.3 Å². The lowest BCUT2D eigenvalue weighted by atomic mass is 10.1. The van der Waals surface area contributed by atoms with Crippen molar-refractivity contribution in [2.75, 3.05) is 18.6 Å². The molecule has 1 fully saturated rings. The van der Waals surface area contributed by atoms with E-state index in [0.29, 0.717) is 27.2 Å². The highest BCUT2D eigenvalue weighted by Crippen LogP contribution is 2.37. The fraction of sp³-hybridized carbons (Fsp3) is 0.174. The van der Waals surface area contributed by atoms with Crippen LogP contribution in [-0.4, -0.2) is 30.6 Å². The van der Waals surface area contributed by atoms with Gasteiger partial charge in [-0.15, -0.1) is 6.42 Å². The van der Waals surface area contributed by atoms with Gasteiger partial charge in [0.25, 0.3) is 11.8 Å². The Balaban J connectivity index is 1.99. The Labute approximate surface area is 194 Å². The molecule has 1 saturated heterocycles. The molecule has 0 radical (unpaired) electrons. The van der Waals surface area contributed by atoms with Crippen molar-refractivity contribution in [3.8, 4) is 23.8 Å². The molecule has 158 valence electrons. The zero-order chi connectivity index (χ0) is 22.5. The summed E-state index contributed by atoms with van der Waals surface area (Å²) < 4.78 is 11.4. The van der Waals surface area contributed by atoms with E-state index >= 15 is 0 Å². The number of benzene rings is 2. The van der Waals surface area contributed by atoms with Crippen molar-refractivity contribution in [1.82, 2.24) is 5.32 Å². The molecule has 0 bridgehead atoms. The monoisotopic (exact) mass is 498 g/mol. The number of thiocarbonyl (C=S) groups is 1. The van der Waals surface area contributed by atoms with Gasteiger partial charge in [0, 0.05) is 0 Å². The Bertz CT molecular complexity index is 1120. The highest BCUT2D eigenvalue weighted by Gasteiger charge is 2.34. The molecule has 0 aromatic heterocycles. The van der Waals surface area contributed by atoms with E-state index in [2.05, 4.69) is 27.2 Å². The summed E-state index contributed by atoms with van der Waals surface area (Å²) in [5.41, 5.74) is 2.21. The Hall–Kier alpha value is -3.15. The molecule has 2 aromatic carbocycles. The summed E-state index contributed by atoms with van der Waals surface area (Å²) in [4.78, 5) is 27.0. The van der Waals surface area contributed by atoms with Gasteiger partial charge in [0.1, 0.15) is 12.2 Å². The third-order valence-corrected chi connectivity index (χ3v) is 5.44. The first-order valence-corrected chi connectivity index (χ1v) is 10.5. The molecular formula is C23H19BrN2O4S. The highest BCUT2D eigenvalue weighted by molar-refractivity contribution is 9.10. The summed E-state index contributed by atoms with van der Waals surface area (Å²) in [5.74, 6) is 2.15. The molecule has 0 unspecified atom stereocenters. The van der Waals surface area contributed by atoms with E-state index in [1.54, 1.807) is 24.3 Å². The molecular weight excluding hydrogens is 480 g/mol. The van der Waals surface area contributed by atoms with Crippen molar-refractivity contribution < 1.29 is 19.1 Å². The van der Waals surface area contributed by atoms with Gasteiger partial charge in [-0.25, -0.2) is 0 Å². The van der Waals surface area contributed by atoms with Gasteiger partial charge in [-0.05, 0) is 76.0 Å². The minimum absolute atomic E-state index is 0.0354. The Morgan fingerprint density at radius 2 is 1.97 bits per heavy atom. The number of ether oxygens (including phenoxy) is 2. The van der Waals surface area contributed by atoms with Gasteiger partial charge >= 0.3 is 0 Å². The molecule has 6 nitrogen and oxygen atoms in total. The smallest absolute Gasteiger partial charge is 0.270 e. The van der Waals surface area contributed by atoms with Gasteiger partial charge in [-0.3, -0.25) is 19.8 Å². The topological polar surface area (TPSA) is 67.9 Å². The largest absolute Gasteiger partial charge is 0.493 e. The lowest BCUT2D eigenvalue weighted by molar-refractivity contribution is -0.122. The van der Waals surface area contributed by atoms with Crippen LogP contribution in [0.2, 0.25) is 0 Å². The summed E-state index contributed by atoms with van der Waals surface area (Å²) in [6.07, 6.45) is 7.60. The number of methoxy groups -OCH3 is 1. The predicted molar refractivity (Wildman–Crippen MR) is 127 cm³/mol. The second-order valence-corrected chi connectivity index (χ2v) is 7.75. The van der Waals surface area contributed by atoms with Crippen molar-refractivity contribution in [2.24, 2.45) is 0 Å². The summed E-state index contributed by atoms with van der Waals surface area (Å²) in [7, 11) is 1.49. The van der Waals surface area contributed by atoms with E-state index in [0.717, 1.165) is 12.0 Å². The molecule has 31 heavy (non-hydrogen) atoms. The SMILES string of the molecule is C#CCOc1c(Br)cc(C=C2C(=O)NC(=S)N(c3ccc(CC)cc3)C2=O)cc1OC. The number of carbonyl (C=O) groups excluding carboxylic acids is 2. The number of aryl methyl sites for hydroxylation is 1. The molecule has 8 heteroatoms. The van der Waals surface area contributed by atoms with Crippen LogP contribution in [0.25, 0.3) is 6.08 Å². The Morgan fingerprint density at radius 1 is 1.26 bits per heavy atom. The van der Waals surface area contributed by atoms with Gasteiger partial charge < -0.3 is 9.47 Å². The van der Waals surface area contributed by atoms with Crippen LogP contribution in [0.1, 0.15) is 18.1 Å². The van der Waals surface area contributed by atoms with Crippen LogP contribution in [-0.2, 0) is 16.0 Å². The van der Waals surface area contributed by atoms with E-state index < -0.39 is 11.8 Å². The zero-order valence-corrected chi connectivity index (χ0v) is 19.3. The summed E-state index contributed by atoms with van der Waals surface area (Å²) >= 11 is 8.66. The van der Waals surface area contributed by atoms with Gasteiger partial charge in [0.15, 0.2) is 16.6 Å². The van der Waals surface area contributed by atoms with E-state index in [-0.39, 0.29) is 17.3 Å². The number of anilines is 1. The van der Waals surface area contributed by atoms with Crippen LogP contribution in [0.3, 0.4) is 0 Å². The standard InChI is InChI=1S/C23H19BrN2O4S/c1-4-10-30-20-18(24)12-15(13-19(20)29-3)11-17-21(27)25-23(31)26(22(17)28)16-8-6-14(5-2)7-9-16/h1,6-9,11-13H,5,10H2,2-3H3,(H,25,27,31). The normalized spacial score (nSPS) is 15.0. The number of nitrogens with zero attached hydrogens (tertiary/aromatic N) is 1.